The molecule has 2 aromatic heterocycles. The number of halogens is 1. The number of benzene rings is 1. The van der Waals surface area contributed by atoms with E-state index in [9.17, 15) is 4.39 Å². The number of rotatable bonds is 4. The summed E-state index contributed by atoms with van der Waals surface area (Å²) in [4.78, 5) is 19.7. The van der Waals surface area contributed by atoms with E-state index in [1.54, 1.807) is 30.7 Å². The van der Waals surface area contributed by atoms with Crippen LogP contribution in [-0.2, 0) is 6.42 Å². The molecule has 0 saturated carbocycles. The predicted octanol–water partition coefficient (Wildman–Crippen LogP) is 3.99. The van der Waals surface area contributed by atoms with Crippen LogP contribution in [0.25, 0.3) is 11.6 Å². The van der Waals surface area contributed by atoms with E-state index in [2.05, 4.69) is 26.8 Å². The van der Waals surface area contributed by atoms with Crippen molar-refractivity contribution in [3.8, 4) is 17.4 Å². The van der Waals surface area contributed by atoms with Crippen molar-refractivity contribution in [1.82, 2.24) is 19.9 Å². The first-order valence-corrected chi connectivity index (χ1v) is 9.44. The Morgan fingerprint density at radius 2 is 1.93 bits per heavy atom. The maximum atomic E-state index is 14.4. The second-order valence-electron chi connectivity index (χ2n) is 6.72. The minimum Gasteiger partial charge on any atom is -0.494 e. The summed E-state index contributed by atoms with van der Waals surface area (Å²) in [5, 5.41) is 0. The van der Waals surface area contributed by atoms with Crippen molar-refractivity contribution in [2.45, 2.75) is 32.2 Å². The van der Waals surface area contributed by atoms with E-state index in [4.69, 9.17) is 9.72 Å². The van der Waals surface area contributed by atoms with Crippen LogP contribution in [0.2, 0.25) is 0 Å². The van der Waals surface area contributed by atoms with Crippen LogP contribution in [0.5, 0.6) is 5.75 Å². The molecular formula is C21H22FN5O. The molecule has 0 radical (unpaired) electrons. The Hall–Kier alpha value is -3.09. The fourth-order valence-electron chi connectivity index (χ4n) is 3.80. The number of fused-ring (bicyclic) bond motifs is 1. The van der Waals surface area contributed by atoms with Gasteiger partial charge in [0.2, 0.25) is 0 Å². The zero-order valence-electron chi connectivity index (χ0n) is 16.0. The van der Waals surface area contributed by atoms with Crippen LogP contribution in [0.3, 0.4) is 0 Å². The lowest BCUT2D eigenvalue weighted by Crippen LogP contribution is -2.29. The van der Waals surface area contributed by atoms with Crippen molar-refractivity contribution in [3.05, 3.63) is 59.8 Å². The monoisotopic (exact) mass is 379 g/mol. The van der Waals surface area contributed by atoms with Crippen molar-refractivity contribution in [2.75, 3.05) is 18.6 Å². The summed E-state index contributed by atoms with van der Waals surface area (Å²) in [6.45, 7) is 2.93. The van der Waals surface area contributed by atoms with E-state index in [0.29, 0.717) is 17.4 Å². The van der Waals surface area contributed by atoms with Crippen LogP contribution < -0.4 is 9.64 Å². The topological polar surface area (TPSA) is 64.0 Å². The molecule has 28 heavy (non-hydrogen) atoms. The van der Waals surface area contributed by atoms with Crippen molar-refractivity contribution in [3.63, 3.8) is 0 Å². The van der Waals surface area contributed by atoms with Crippen LogP contribution in [0, 0.1) is 5.82 Å². The van der Waals surface area contributed by atoms with Crippen molar-refractivity contribution in [1.29, 1.82) is 0 Å². The van der Waals surface area contributed by atoms with Crippen LogP contribution in [0.4, 0.5) is 10.2 Å². The third kappa shape index (κ3) is 3.40. The Labute approximate surface area is 163 Å². The SMILES string of the molecule is CCC1c2cc(F)c(OC)cc2CCCN1c1ccnc(-c2ncccn2)n1. The Kier molecular flexibility index (Phi) is 5.14. The highest BCUT2D eigenvalue weighted by atomic mass is 19.1. The average Bonchev–Trinajstić information content (AvgIpc) is 2.92. The van der Waals surface area contributed by atoms with Gasteiger partial charge < -0.3 is 9.64 Å². The third-order valence-corrected chi connectivity index (χ3v) is 5.08. The minimum atomic E-state index is -0.331. The Bertz CT molecular complexity index is 966. The highest BCUT2D eigenvalue weighted by Gasteiger charge is 2.27. The largest absolute Gasteiger partial charge is 0.494 e. The van der Waals surface area contributed by atoms with Crippen molar-refractivity contribution in [2.24, 2.45) is 0 Å². The summed E-state index contributed by atoms with van der Waals surface area (Å²) < 4.78 is 19.6. The molecule has 1 unspecified atom stereocenters. The van der Waals surface area contributed by atoms with E-state index in [0.717, 1.165) is 42.8 Å². The van der Waals surface area contributed by atoms with E-state index in [-0.39, 0.29) is 11.9 Å². The molecule has 0 spiro atoms. The van der Waals surface area contributed by atoms with Gasteiger partial charge in [0.25, 0.3) is 0 Å². The molecule has 0 saturated heterocycles. The fourth-order valence-corrected chi connectivity index (χ4v) is 3.80. The molecule has 144 valence electrons. The Balaban J connectivity index is 1.75. The van der Waals surface area contributed by atoms with Gasteiger partial charge >= 0.3 is 0 Å². The molecule has 0 aliphatic carbocycles. The number of anilines is 1. The summed E-state index contributed by atoms with van der Waals surface area (Å²) in [6.07, 6.45) is 7.72. The summed E-state index contributed by atoms with van der Waals surface area (Å²) in [5.41, 5.74) is 2.13. The fraction of sp³-hybridized carbons (Fsp3) is 0.333. The van der Waals surface area contributed by atoms with E-state index in [1.807, 2.05) is 12.1 Å². The van der Waals surface area contributed by atoms with Gasteiger partial charge in [0.15, 0.2) is 23.2 Å². The van der Waals surface area contributed by atoms with Crippen molar-refractivity contribution >= 4 is 5.82 Å². The second-order valence-corrected chi connectivity index (χ2v) is 6.72. The lowest BCUT2D eigenvalue weighted by Gasteiger charge is -2.31. The molecule has 1 aliphatic rings. The molecular weight excluding hydrogens is 357 g/mol. The first-order valence-electron chi connectivity index (χ1n) is 9.44. The van der Waals surface area contributed by atoms with Gasteiger partial charge in [-0.05, 0) is 54.7 Å². The zero-order valence-corrected chi connectivity index (χ0v) is 16.0. The number of ether oxygens (including phenoxy) is 1. The molecule has 1 atom stereocenters. The molecule has 3 aromatic rings. The summed E-state index contributed by atoms with van der Waals surface area (Å²) >= 11 is 0. The summed E-state index contributed by atoms with van der Waals surface area (Å²) in [7, 11) is 1.50. The van der Waals surface area contributed by atoms with Crippen LogP contribution >= 0.6 is 0 Å². The highest BCUT2D eigenvalue weighted by Crippen LogP contribution is 2.37. The summed E-state index contributed by atoms with van der Waals surface area (Å²) in [5.74, 6) is 1.74. The van der Waals surface area contributed by atoms with E-state index < -0.39 is 0 Å². The van der Waals surface area contributed by atoms with Crippen LogP contribution in [-0.4, -0.2) is 33.6 Å². The number of nitrogens with zero attached hydrogens (tertiary/aromatic N) is 5. The highest BCUT2D eigenvalue weighted by molar-refractivity contribution is 5.52. The molecule has 0 fully saturated rings. The Morgan fingerprint density at radius 1 is 1.14 bits per heavy atom. The molecule has 1 aliphatic heterocycles. The van der Waals surface area contributed by atoms with Gasteiger partial charge in [0.05, 0.1) is 13.2 Å². The van der Waals surface area contributed by atoms with Gasteiger partial charge in [0, 0.05) is 25.1 Å². The molecule has 0 bridgehead atoms. The van der Waals surface area contributed by atoms with E-state index >= 15 is 0 Å². The smallest absolute Gasteiger partial charge is 0.199 e. The molecule has 4 rings (SSSR count). The van der Waals surface area contributed by atoms with Gasteiger partial charge in [-0.25, -0.2) is 24.3 Å². The summed E-state index contributed by atoms with van der Waals surface area (Å²) in [6, 6.07) is 7.12. The normalized spacial score (nSPS) is 16.4. The first kappa shape index (κ1) is 18.3. The van der Waals surface area contributed by atoms with Crippen LogP contribution in [0.1, 0.15) is 36.9 Å². The van der Waals surface area contributed by atoms with Gasteiger partial charge in [-0.2, -0.15) is 0 Å². The molecule has 1 aromatic carbocycles. The van der Waals surface area contributed by atoms with Crippen LogP contribution in [0.15, 0.2) is 42.9 Å². The quantitative estimate of drug-likeness (QED) is 0.683. The molecule has 3 heterocycles. The second kappa shape index (κ2) is 7.88. The molecule has 6 nitrogen and oxygen atoms in total. The zero-order chi connectivity index (χ0) is 19.5. The number of aromatic nitrogens is 4. The standard InChI is InChI=1S/C21H22FN5O/c1-3-17-15-13-16(22)18(28-2)12-14(15)6-4-11-27(17)19-7-10-25-21(26-19)20-23-8-5-9-24-20/h5,7-10,12-13,17H,3-4,6,11H2,1-2H3. The molecule has 0 N–H and O–H groups in total. The van der Waals surface area contributed by atoms with E-state index in [1.165, 1.54) is 7.11 Å². The minimum absolute atomic E-state index is 0.0253. The first-order chi connectivity index (χ1) is 13.7. The predicted molar refractivity (Wildman–Crippen MR) is 105 cm³/mol. The Morgan fingerprint density at radius 3 is 2.68 bits per heavy atom. The van der Waals surface area contributed by atoms with Gasteiger partial charge in [-0.3, -0.25) is 0 Å². The van der Waals surface area contributed by atoms with Gasteiger partial charge in [0.1, 0.15) is 5.82 Å². The maximum absolute atomic E-state index is 14.4. The van der Waals surface area contributed by atoms with Gasteiger partial charge in [-0.15, -0.1) is 0 Å². The number of methoxy groups -OCH3 is 1. The maximum Gasteiger partial charge on any atom is 0.199 e. The number of hydrogen-bond acceptors (Lipinski definition) is 6. The molecule has 7 heteroatoms. The lowest BCUT2D eigenvalue weighted by molar-refractivity contribution is 0.385. The third-order valence-electron chi connectivity index (χ3n) is 5.08. The number of hydrogen-bond donors (Lipinski definition) is 0. The number of aryl methyl sites for hydroxylation is 1. The van der Waals surface area contributed by atoms with Gasteiger partial charge in [-0.1, -0.05) is 6.92 Å². The molecule has 0 amide bonds. The lowest BCUT2D eigenvalue weighted by atomic mass is 9.96. The average molecular weight is 379 g/mol. The van der Waals surface area contributed by atoms with Crippen molar-refractivity contribution < 1.29 is 9.13 Å².